The van der Waals surface area contributed by atoms with Gasteiger partial charge in [-0.1, -0.05) is 41.7 Å². The van der Waals surface area contributed by atoms with E-state index in [1.54, 1.807) is 23.1 Å². The highest BCUT2D eigenvalue weighted by Gasteiger charge is 2.07. The molecule has 1 aromatic heterocycles. The number of carbonyl (C=O) groups is 1. The van der Waals surface area contributed by atoms with Gasteiger partial charge in [-0.25, -0.2) is 0 Å². The maximum atomic E-state index is 12.2. The summed E-state index contributed by atoms with van der Waals surface area (Å²) < 4.78 is 3.19. The molecule has 2 aromatic carbocycles. The molecule has 0 radical (unpaired) electrons. The maximum absolute atomic E-state index is 12.2. The van der Waals surface area contributed by atoms with Gasteiger partial charge in [0.25, 0.3) is 0 Å². The summed E-state index contributed by atoms with van der Waals surface area (Å²) in [7, 11) is 1.98. The summed E-state index contributed by atoms with van der Waals surface area (Å²) in [5, 5.41) is 0. The molecule has 3 rings (SSSR count). The molecule has 5 heteroatoms. The normalized spacial score (nSPS) is 12.0. The number of aryl methyl sites for hydroxylation is 2. The largest absolute Gasteiger partial charge is 0.319 e. The summed E-state index contributed by atoms with van der Waals surface area (Å²) in [4.78, 5) is 18.5. The van der Waals surface area contributed by atoms with Gasteiger partial charge in [0.15, 0.2) is 4.80 Å². The molecule has 0 bridgehead atoms. The van der Waals surface area contributed by atoms with Gasteiger partial charge in [0, 0.05) is 18.4 Å². The first-order valence-corrected chi connectivity index (χ1v) is 9.76. The molecule has 0 saturated heterocycles. The molecule has 3 nitrogen and oxygen atoms in total. The Hall–Kier alpha value is -1.85. The van der Waals surface area contributed by atoms with Crippen molar-refractivity contribution in [2.24, 2.45) is 12.0 Å². The number of aromatic nitrogens is 1. The molecule has 0 spiro atoms. The third kappa shape index (κ3) is 3.97. The molecule has 3 aromatic rings. The van der Waals surface area contributed by atoms with Crippen molar-refractivity contribution >= 4 is 39.2 Å². The minimum Gasteiger partial charge on any atom is -0.319 e. The molecular weight excluding hydrogens is 336 g/mol. The molecule has 0 aliphatic carbocycles. The number of benzene rings is 2. The summed E-state index contributed by atoms with van der Waals surface area (Å²) in [6.07, 6.45) is 1.34. The highest BCUT2D eigenvalue weighted by molar-refractivity contribution is 7.99. The van der Waals surface area contributed by atoms with Gasteiger partial charge < -0.3 is 4.57 Å². The Kier molecular flexibility index (Phi) is 5.53. The number of amides is 1. The van der Waals surface area contributed by atoms with Crippen LogP contribution in [0.15, 0.2) is 58.4 Å². The lowest BCUT2D eigenvalue weighted by Gasteiger charge is -2.00. The summed E-state index contributed by atoms with van der Waals surface area (Å²) in [6.45, 7) is 2.08. The van der Waals surface area contributed by atoms with E-state index in [4.69, 9.17) is 0 Å². The lowest BCUT2D eigenvalue weighted by molar-refractivity contribution is -0.118. The van der Waals surface area contributed by atoms with Crippen LogP contribution in [0.25, 0.3) is 10.2 Å². The van der Waals surface area contributed by atoms with Gasteiger partial charge in [-0.2, -0.15) is 4.99 Å². The zero-order valence-electron chi connectivity index (χ0n) is 13.9. The molecule has 0 saturated carbocycles. The fourth-order valence-corrected chi connectivity index (χ4v) is 4.58. The smallest absolute Gasteiger partial charge is 0.248 e. The monoisotopic (exact) mass is 356 g/mol. The Labute approximate surface area is 150 Å². The van der Waals surface area contributed by atoms with Crippen LogP contribution in [0.1, 0.15) is 18.4 Å². The van der Waals surface area contributed by atoms with Gasteiger partial charge in [-0.3, -0.25) is 4.79 Å². The standard InChI is InChI=1S/C19H20N2OS2/c1-14-8-6-11-16-18(14)21(2)19(24-16)20-17(22)12-7-13-23-15-9-4-3-5-10-15/h3-6,8-11H,7,12-13H2,1-2H3. The summed E-state index contributed by atoms with van der Waals surface area (Å²) in [6, 6.07) is 16.5. The summed E-state index contributed by atoms with van der Waals surface area (Å²) in [5.41, 5.74) is 2.37. The number of hydrogen-bond donors (Lipinski definition) is 0. The van der Waals surface area contributed by atoms with Gasteiger partial charge in [0.2, 0.25) is 5.91 Å². The van der Waals surface area contributed by atoms with E-state index in [0.717, 1.165) is 22.5 Å². The van der Waals surface area contributed by atoms with E-state index in [1.165, 1.54) is 15.2 Å². The van der Waals surface area contributed by atoms with Crippen LogP contribution in [0.3, 0.4) is 0 Å². The van der Waals surface area contributed by atoms with Crippen molar-refractivity contribution < 1.29 is 4.79 Å². The number of para-hydroxylation sites is 1. The Balaban J connectivity index is 1.63. The predicted molar refractivity (Wildman–Crippen MR) is 103 cm³/mol. The number of carbonyl (C=O) groups excluding carboxylic acids is 1. The number of thioether (sulfide) groups is 1. The lowest BCUT2D eigenvalue weighted by atomic mass is 10.2. The number of fused-ring (bicyclic) bond motifs is 1. The Morgan fingerprint density at radius 1 is 1.17 bits per heavy atom. The zero-order chi connectivity index (χ0) is 16.9. The van der Waals surface area contributed by atoms with Crippen LogP contribution in [-0.2, 0) is 11.8 Å². The van der Waals surface area contributed by atoms with E-state index >= 15 is 0 Å². The average Bonchev–Trinajstić information content (AvgIpc) is 2.90. The Morgan fingerprint density at radius 3 is 2.71 bits per heavy atom. The second-order valence-corrected chi connectivity index (χ2v) is 7.81. The highest BCUT2D eigenvalue weighted by atomic mass is 32.2. The fourth-order valence-electron chi connectivity index (χ4n) is 2.60. The van der Waals surface area contributed by atoms with E-state index in [2.05, 4.69) is 36.2 Å². The van der Waals surface area contributed by atoms with E-state index in [0.29, 0.717) is 6.42 Å². The second kappa shape index (κ2) is 7.81. The molecular formula is C19H20N2OS2. The minimum absolute atomic E-state index is 0.0385. The van der Waals surface area contributed by atoms with Crippen LogP contribution < -0.4 is 4.80 Å². The lowest BCUT2D eigenvalue weighted by Crippen LogP contribution is -2.13. The van der Waals surface area contributed by atoms with Crippen molar-refractivity contribution in [3.63, 3.8) is 0 Å². The van der Waals surface area contributed by atoms with Crippen molar-refractivity contribution in [2.75, 3.05) is 5.75 Å². The van der Waals surface area contributed by atoms with Crippen molar-refractivity contribution in [1.82, 2.24) is 4.57 Å². The molecule has 0 aliphatic heterocycles. The molecule has 0 fully saturated rings. The molecule has 0 atom stereocenters. The van der Waals surface area contributed by atoms with Crippen molar-refractivity contribution in [2.45, 2.75) is 24.7 Å². The Morgan fingerprint density at radius 2 is 1.96 bits per heavy atom. The number of hydrogen-bond acceptors (Lipinski definition) is 3. The molecule has 24 heavy (non-hydrogen) atoms. The van der Waals surface area contributed by atoms with Gasteiger partial charge in [-0.05, 0) is 42.9 Å². The third-order valence-corrected chi connectivity index (χ3v) is 5.99. The van der Waals surface area contributed by atoms with Crippen LogP contribution in [-0.4, -0.2) is 16.2 Å². The van der Waals surface area contributed by atoms with E-state index in [9.17, 15) is 4.79 Å². The fraction of sp³-hybridized carbons (Fsp3) is 0.263. The maximum Gasteiger partial charge on any atom is 0.248 e. The van der Waals surface area contributed by atoms with Gasteiger partial charge in [-0.15, -0.1) is 11.8 Å². The minimum atomic E-state index is -0.0385. The van der Waals surface area contributed by atoms with Gasteiger partial charge in [0.1, 0.15) is 0 Å². The van der Waals surface area contributed by atoms with E-state index < -0.39 is 0 Å². The first-order chi connectivity index (χ1) is 11.6. The molecule has 1 heterocycles. The second-order valence-electron chi connectivity index (χ2n) is 5.64. The first kappa shape index (κ1) is 17.0. The Bertz CT molecular complexity index is 910. The van der Waals surface area contributed by atoms with E-state index in [-0.39, 0.29) is 5.91 Å². The number of thiazole rings is 1. The third-order valence-electron chi connectivity index (χ3n) is 3.79. The quantitative estimate of drug-likeness (QED) is 0.496. The summed E-state index contributed by atoms with van der Waals surface area (Å²) in [5.74, 6) is 0.895. The molecule has 1 amide bonds. The van der Waals surface area contributed by atoms with Crippen molar-refractivity contribution in [3.05, 3.63) is 58.9 Å². The van der Waals surface area contributed by atoms with Crippen LogP contribution >= 0.6 is 23.1 Å². The van der Waals surface area contributed by atoms with Crippen LogP contribution in [0.2, 0.25) is 0 Å². The van der Waals surface area contributed by atoms with Crippen LogP contribution in [0.5, 0.6) is 0 Å². The van der Waals surface area contributed by atoms with Gasteiger partial charge >= 0.3 is 0 Å². The number of rotatable bonds is 5. The van der Waals surface area contributed by atoms with Gasteiger partial charge in [0.05, 0.1) is 10.2 Å². The summed E-state index contributed by atoms with van der Waals surface area (Å²) >= 11 is 3.35. The van der Waals surface area contributed by atoms with Crippen molar-refractivity contribution in [1.29, 1.82) is 0 Å². The topological polar surface area (TPSA) is 34.4 Å². The molecule has 0 aliphatic rings. The molecule has 0 unspecified atom stereocenters. The predicted octanol–water partition coefficient (Wildman–Crippen LogP) is 4.55. The van der Waals surface area contributed by atoms with Crippen LogP contribution in [0, 0.1) is 6.92 Å². The zero-order valence-corrected chi connectivity index (χ0v) is 15.5. The SMILES string of the molecule is Cc1cccc2sc(=NC(=O)CCCSc3ccccc3)n(C)c12. The number of nitrogens with zero attached hydrogens (tertiary/aromatic N) is 2. The first-order valence-electron chi connectivity index (χ1n) is 7.96. The van der Waals surface area contributed by atoms with Crippen LogP contribution in [0.4, 0.5) is 0 Å². The molecule has 0 N–H and O–H groups in total. The highest BCUT2D eigenvalue weighted by Crippen LogP contribution is 2.20. The van der Waals surface area contributed by atoms with Crippen molar-refractivity contribution in [3.8, 4) is 0 Å². The average molecular weight is 357 g/mol. The van der Waals surface area contributed by atoms with E-state index in [1.807, 2.05) is 35.9 Å². The molecule has 124 valence electrons.